The molecule has 0 amide bonds. The van der Waals surface area contributed by atoms with E-state index in [2.05, 4.69) is 0 Å². The molecular weight excluding hydrogens is 307 g/mol. The largest absolute Gasteiger partial charge is 0.481 e. The molecule has 0 bridgehead atoms. The molecule has 1 rings (SSSR count). The zero-order valence-electron chi connectivity index (χ0n) is 12.8. The Bertz CT molecular complexity index is 494. The fourth-order valence-corrected chi connectivity index (χ4v) is 4.36. The fraction of sp³-hybridized carbons (Fsp3) is 0.533. The van der Waals surface area contributed by atoms with Gasteiger partial charge in [-0.1, -0.05) is 30.3 Å². The summed E-state index contributed by atoms with van der Waals surface area (Å²) in [5.41, 5.74) is -0.372. The molecule has 0 aliphatic carbocycles. The summed E-state index contributed by atoms with van der Waals surface area (Å²) in [6.07, 6.45) is -1.34. The van der Waals surface area contributed by atoms with E-state index in [9.17, 15) is 14.5 Å². The molecule has 2 N–H and O–H groups in total. The van der Waals surface area contributed by atoms with Crippen LogP contribution in [-0.2, 0) is 18.4 Å². The van der Waals surface area contributed by atoms with Crippen molar-refractivity contribution in [3.63, 3.8) is 0 Å². The maximum Gasteiger partial charge on any atom is 0.336 e. The highest BCUT2D eigenvalue weighted by molar-refractivity contribution is 7.54. The average molecular weight is 330 g/mol. The number of carboxylic acid groups (broad SMARTS) is 1. The van der Waals surface area contributed by atoms with Crippen LogP contribution in [0, 0.1) is 0 Å². The minimum Gasteiger partial charge on any atom is -0.481 e. The topological polar surface area (TPSA) is 93.1 Å². The molecule has 1 aromatic rings. The van der Waals surface area contributed by atoms with Crippen LogP contribution in [-0.4, -0.2) is 35.1 Å². The Morgan fingerprint density at radius 3 is 2.18 bits per heavy atom. The Morgan fingerprint density at radius 2 is 1.73 bits per heavy atom. The Kier molecular flexibility index (Phi) is 7.76. The minimum atomic E-state index is -3.62. The third-order valence-electron chi connectivity index (χ3n) is 3.18. The van der Waals surface area contributed by atoms with Crippen LogP contribution in [0.25, 0.3) is 0 Å². The van der Waals surface area contributed by atoms with Crippen LogP contribution >= 0.6 is 7.60 Å². The second-order valence-electron chi connectivity index (χ2n) is 4.73. The number of carboxylic acids is 1. The predicted octanol–water partition coefficient (Wildman–Crippen LogP) is 3.22. The van der Waals surface area contributed by atoms with E-state index in [1.807, 2.05) is 0 Å². The standard InChI is InChI=1S/C15H23O6P/c1-3-20-22(19,21-4-2)13(10-11-14(16)17)15(18)12-8-6-5-7-9-12/h5-9,13,15,18H,3-4,10-11H2,1-2H3,(H,16,17)/t13-,15-/m0/s1. The molecular formula is C15H23O6P. The van der Waals surface area contributed by atoms with Gasteiger partial charge in [0.1, 0.15) is 0 Å². The van der Waals surface area contributed by atoms with Crippen LogP contribution in [0.2, 0.25) is 0 Å². The third kappa shape index (κ3) is 5.21. The summed E-state index contributed by atoms with van der Waals surface area (Å²) in [6.45, 7) is 3.66. The highest BCUT2D eigenvalue weighted by Gasteiger charge is 2.41. The summed E-state index contributed by atoms with van der Waals surface area (Å²) in [5, 5.41) is 19.4. The number of hydrogen-bond donors (Lipinski definition) is 2. The molecule has 0 unspecified atom stereocenters. The number of carbonyl (C=O) groups is 1. The lowest BCUT2D eigenvalue weighted by molar-refractivity contribution is -0.137. The number of hydrogen-bond acceptors (Lipinski definition) is 5. The first-order valence-electron chi connectivity index (χ1n) is 7.28. The van der Waals surface area contributed by atoms with E-state index >= 15 is 0 Å². The molecule has 0 heterocycles. The second-order valence-corrected chi connectivity index (χ2v) is 6.99. The van der Waals surface area contributed by atoms with Gasteiger partial charge in [-0.3, -0.25) is 9.36 Å². The van der Waals surface area contributed by atoms with Gasteiger partial charge in [-0.2, -0.15) is 0 Å². The van der Waals surface area contributed by atoms with Gasteiger partial charge in [-0.05, 0) is 25.8 Å². The quantitative estimate of drug-likeness (QED) is 0.640. The maximum absolute atomic E-state index is 12.9. The molecule has 0 fully saturated rings. The van der Waals surface area contributed by atoms with Crippen LogP contribution in [0.3, 0.4) is 0 Å². The summed E-state index contributed by atoms with van der Waals surface area (Å²) >= 11 is 0. The zero-order chi connectivity index (χ0) is 16.6. The molecule has 0 saturated carbocycles. The molecule has 1 aromatic carbocycles. The first kappa shape index (κ1) is 18.8. The lowest BCUT2D eigenvalue weighted by Gasteiger charge is -2.29. The molecule has 0 radical (unpaired) electrons. The van der Waals surface area contributed by atoms with E-state index in [0.29, 0.717) is 5.56 Å². The Labute approximate surface area is 130 Å². The van der Waals surface area contributed by atoms with Gasteiger partial charge >= 0.3 is 13.6 Å². The normalized spacial score (nSPS) is 14.5. The van der Waals surface area contributed by atoms with Gasteiger partial charge < -0.3 is 19.3 Å². The second kappa shape index (κ2) is 9.06. The van der Waals surface area contributed by atoms with Gasteiger partial charge in [0, 0.05) is 6.42 Å². The molecule has 6 nitrogen and oxygen atoms in total. The summed E-state index contributed by atoms with van der Waals surface area (Å²) in [5.74, 6) is -1.02. The van der Waals surface area contributed by atoms with Crippen LogP contribution in [0.15, 0.2) is 30.3 Å². The Hall–Kier alpha value is -1.20. The minimum absolute atomic E-state index is 0.00265. The van der Waals surface area contributed by atoms with Crippen LogP contribution < -0.4 is 0 Å². The van der Waals surface area contributed by atoms with E-state index in [4.69, 9.17) is 14.2 Å². The van der Waals surface area contributed by atoms with Crippen molar-refractivity contribution in [2.45, 2.75) is 38.5 Å². The van der Waals surface area contributed by atoms with Crippen molar-refractivity contribution in [2.75, 3.05) is 13.2 Å². The van der Waals surface area contributed by atoms with Crippen molar-refractivity contribution < 1.29 is 28.6 Å². The molecule has 0 aromatic heterocycles. The lowest BCUT2D eigenvalue weighted by Crippen LogP contribution is -2.23. The zero-order valence-corrected chi connectivity index (χ0v) is 13.7. The number of aliphatic carboxylic acids is 1. The molecule has 0 aliphatic rings. The summed E-state index contributed by atoms with van der Waals surface area (Å²) in [7, 11) is -3.62. The van der Waals surface area contributed by atoms with Crippen molar-refractivity contribution in [1.29, 1.82) is 0 Å². The van der Waals surface area contributed by atoms with Crippen molar-refractivity contribution in [3.05, 3.63) is 35.9 Å². The molecule has 2 atom stereocenters. The van der Waals surface area contributed by atoms with Crippen molar-refractivity contribution in [1.82, 2.24) is 0 Å². The maximum atomic E-state index is 12.9. The summed E-state index contributed by atoms with van der Waals surface area (Å²) in [4.78, 5) is 10.9. The van der Waals surface area contributed by atoms with Crippen LogP contribution in [0.1, 0.15) is 38.4 Å². The molecule has 22 heavy (non-hydrogen) atoms. The third-order valence-corrected chi connectivity index (χ3v) is 5.77. The van der Waals surface area contributed by atoms with Gasteiger partial charge in [0.05, 0.1) is 25.0 Å². The van der Waals surface area contributed by atoms with E-state index in [1.54, 1.807) is 44.2 Å². The Balaban J connectivity index is 3.09. The van der Waals surface area contributed by atoms with Gasteiger partial charge in [0.15, 0.2) is 0 Å². The highest BCUT2D eigenvalue weighted by atomic mass is 31.2. The molecule has 0 aliphatic heterocycles. The first-order valence-corrected chi connectivity index (χ1v) is 8.89. The number of benzene rings is 1. The van der Waals surface area contributed by atoms with Gasteiger partial charge in [0.2, 0.25) is 0 Å². The van der Waals surface area contributed by atoms with Crippen molar-refractivity contribution in [3.8, 4) is 0 Å². The van der Waals surface area contributed by atoms with Gasteiger partial charge in [0.25, 0.3) is 0 Å². The molecule has 0 spiro atoms. The molecule has 7 heteroatoms. The fourth-order valence-electron chi connectivity index (χ4n) is 2.22. The van der Waals surface area contributed by atoms with E-state index in [-0.39, 0.29) is 26.1 Å². The summed E-state index contributed by atoms with van der Waals surface area (Å²) in [6, 6.07) is 8.69. The monoisotopic (exact) mass is 330 g/mol. The average Bonchev–Trinajstić information content (AvgIpc) is 2.48. The molecule has 124 valence electrons. The smallest absolute Gasteiger partial charge is 0.336 e. The Morgan fingerprint density at radius 1 is 1.18 bits per heavy atom. The molecule has 0 saturated heterocycles. The highest BCUT2D eigenvalue weighted by Crippen LogP contribution is 2.58. The first-order chi connectivity index (χ1) is 10.4. The van der Waals surface area contributed by atoms with E-state index in [1.165, 1.54) is 0 Å². The van der Waals surface area contributed by atoms with Crippen LogP contribution in [0.5, 0.6) is 0 Å². The van der Waals surface area contributed by atoms with Crippen LogP contribution in [0.4, 0.5) is 0 Å². The number of aliphatic hydroxyl groups is 1. The van der Waals surface area contributed by atoms with Gasteiger partial charge in [-0.15, -0.1) is 0 Å². The number of aliphatic hydroxyl groups excluding tert-OH is 1. The SMILES string of the molecule is CCOP(=O)(OCC)[C@@H](CCC(=O)O)[C@@H](O)c1ccccc1. The summed E-state index contributed by atoms with van der Waals surface area (Å²) < 4.78 is 23.5. The van der Waals surface area contributed by atoms with Gasteiger partial charge in [-0.25, -0.2) is 0 Å². The van der Waals surface area contributed by atoms with E-state index < -0.39 is 25.3 Å². The number of rotatable bonds is 10. The van der Waals surface area contributed by atoms with E-state index in [0.717, 1.165) is 0 Å². The predicted molar refractivity (Wildman–Crippen MR) is 82.9 cm³/mol. The van der Waals surface area contributed by atoms with Crippen molar-refractivity contribution in [2.24, 2.45) is 0 Å². The van der Waals surface area contributed by atoms with Crippen molar-refractivity contribution >= 4 is 13.6 Å². The lowest BCUT2D eigenvalue weighted by atomic mass is 10.0.